The van der Waals surface area contributed by atoms with E-state index in [1.54, 1.807) is 42.7 Å². The predicted octanol–water partition coefficient (Wildman–Crippen LogP) is 2.87. The van der Waals surface area contributed by atoms with E-state index in [1.807, 2.05) is 0 Å². The molecule has 0 fully saturated rings. The lowest BCUT2D eigenvalue weighted by Gasteiger charge is -2.17. The Kier molecular flexibility index (Phi) is 4.32. The lowest BCUT2D eigenvalue weighted by atomic mass is 9.89. The van der Waals surface area contributed by atoms with E-state index in [0.29, 0.717) is 27.4 Å². The standard InChI is InChI=1S/C19H19N3O3S/c1-11-6-7-14-16(8-11)26-18-17(14)19(24)22(21-20-18)10-15(23)12-4-3-5-13(9-12)25-2/h3-5,9,11H,6-8,10H2,1-2H3/t11-/m1/s1. The molecule has 0 unspecified atom stereocenters. The minimum absolute atomic E-state index is 0.129. The molecule has 3 aromatic rings. The number of hydrogen-bond donors (Lipinski definition) is 0. The molecule has 7 heteroatoms. The van der Waals surface area contributed by atoms with Crippen LogP contribution in [0.3, 0.4) is 0 Å². The molecule has 6 nitrogen and oxygen atoms in total. The van der Waals surface area contributed by atoms with E-state index in [1.165, 1.54) is 9.56 Å². The molecule has 0 bridgehead atoms. The van der Waals surface area contributed by atoms with E-state index in [4.69, 9.17) is 4.74 Å². The normalized spacial score (nSPS) is 16.5. The van der Waals surface area contributed by atoms with E-state index >= 15 is 0 Å². The molecule has 0 aliphatic heterocycles. The van der Waals surface area contributed by atoms with Crippen LogP contribution in [-0.4, -0.2) is 27.9 Å². The van der Waals surface area contributed by atoms with Crippen LogP contribution in [-0.2, 0) is 19.4 Å². The molecule has 26 heavy (non-hydrogen) atoms. The number of Topliss-reactive ketones (excluding diaryl/α,β-unsaturated/α-hetero) is 1. The van der Waals surface area contributed by atoms with E-state index in [9.17, 15) is 9.59 Å². The van der Waals surface area contributed by atoms with Crippen LogP contribution in [0.15, 0.2) is 29.1 Å². The third kappa shape index (κ3) is 2.92. The first-order valence-corrected chi connectivity index (χ1v) is 9.43. The van der Waals surface area contributed by atoms with Crippen molar-refractivity contribution in [1.29, 1.82) is 0 Å². The molecule has 0 amide bonds. The topological polar surface area (TPSA) is 74.1 Å². The Balaban J connectivity index is 1.70. The number of aryl methyl sites for hydroxylation is 1. The average Bonchev–Trinajstić information content (AvgIpc) is 3.02. The first-order valence-electron chi connectivity index (χ1n) is 8.62. The molecule has 1 aromatic carbocycles. The second-order valence-corrected chi connectivity index (χ2v) is 7.82. The van der Waals surface area contributed by atoms with Gasteiger partial charge in [-0.2, -0.15) is 0 Å². The zero-order chi connectivity index (χ0) is 18.3. The highest BCUT2D eigenvalue weighted by molar-refractivity contribution is 7.18. The Morgan fingerprint density at radius 2 is 2.27 bits per heavy atom. The maximum absolute atomic E-state index is 12.9. The molecule has 1 aliphatic carbocycles. The first-order chi connectivity index (χ1) is 12.6. The number of ketones is 1. The number of hydrogen-bond acceptors (Lipinski definition) is 6. The Labute approximate surface area is 154 Å². The third-order valence-electron chi connectivity index (χ3n) is 4.87. The highest BCUT2D eigenvalue weighted by atomic mass is 32.1. The van der Waals surface area contributed by atoms with Gasteiger partial charge in [-0.25, -0.2) is 4.68 Å². The number of benzene rings is 1. The van der Waals surface area contributed by atoms with Crippen molar-refractivity contribution >= 4 is 27.3 Å². The first kappa shape index (κ1) is 16.9. The Morgan fingerprint density at radius 1 is 1.42 bits per heavy atom. The van der Waals surface area contributed by atoms with Crippen molar-refractivity contribution in [2.45, 2.75) is 32.7 Å². The summed E-state index contributed by atoms with van der Waals surface area (Å²) >= 11 is 1.56. The van der Waals surface area contributed by atoms with Crippen molar-refractivity contribution in [2.75, 3.05) is 7.11 Å². The minimum atomic E-state index is -0.224. The molecule has 4 rings (SSSR count). The molecular weight excluding hydrogens is 350 g/mol. The highest BCUT2D eigenvalue weighted by Gasteiger charge is 2.24. The Morgan fingerprint density at radius 3 is 3.08 bits per heavy atom. The van der Waals surface area contributed by atoms with Gasteiger partial charge in [-0.15, -0.1) is 16.4 Å². The van der Waals surface area contributed by atoms with Gasteiger partial charge in [-0.1, -0.05) is 24.3 Å². The maximum Gasteiger partial charge on any atom is 0.279 e. The van der Waals surface area contributed by atoms with Crippen molar-refractivity contribution in [1.82, 2.24) is 15.0 Å². The summed E-state index contributed by atoms with van der Waals surface area (Å²) in [4.78, 5) is 27.4. The van der Waals surface area contributed by atoms with Crippen molar-refractivity contribution in [3.8, 4) is 5.75 Å². The fourth-order valence-electron chi connectivity index (χ4n) is 3.42. The molecule has 1 aliphatic rings. The highest BCUT2D eigenvalue weighted by Crippen LogP contribution is 2.35. The molecular formula is C19H19N3O3S. The smallest absolute Gasteiger partial charge is 0.279 e. The molecule has 1 atom stereocenters. The van der Waals surface area contributed by atoms with Crippen LogP contribution in [0.25, 0.3) is 10.2 Å². The Bertz CT molecular complexity index is 1050. The number of carbonyl (C=O) groups is 1. The number of methoxy groups -OCH3 is 1. The molecule has 0 radical (unpaired) electrons. The Hall–Kier alpha value is -2.54. The van der Waals surface area contributed by atoms with Crippen LogP contribution in [0, 0.1) is 5.92 Å². The summed E-state index contributed by atoms with van der Waals surface area (Å²) < 4.78 is 6.33. The third-order valence-corrected chi connectivity index (χ3v) is 6.01. The summed E-state index contributed by atoms with van der Waals surface area (Å²) in [5, 5.41) is 8.84. The van der Waals surface area contributed by atoms with Crippen LogP contribution in [0.2, 0.25) is 0 Å². The summed E-state index contributed by atoms with van der Waals surface area (Å²) in [5.41, 5.74) is 1.36. The number of thiophene rings is 1. The predicted molar refractivity (Wildman–Crippen MR) is 100 cm³/mol. The summed E-state index contributed by atoms with van der Waals surface area (Å²) in [5.74, 6) is 1.03. The fourth-order valence-corrected chi connectivity index (χ4v) is 4.74. The molecule has 2 heterocycles. The van der Waals surface area contributed by atoms with E-state index in [2.05, 4.69) is 17.2 Å². The number of nitrogens with zero attached hydrogens (tertiary/aromatic N) is 3. The fraction of sp³-hybridized carbons (Fsp3) is 0.368. The molecule has 134 valence electrons. The van der Waals surface area contributed by atoms with Gasteiger partial charge in [0.25, 0.3) is 5.56 Å². The molecule has 0 spiro atoms. The van der Waals surface area contributed by atoms with Gasteiger partial charge in [0.05, 0.1) is 12.5 Å². The molecule has 0 saturated heterocycles. The summed E-state index contributed by atoms with van der Waals surface area (Å²) in [6.45, 7) is 2.10. The summed E-state index contributed by atoms with van der Waals surface area (Å²) in [7, 11) is 1.55. The van der Waals surface area contributed by atoms with Gasteiger partial charge in [0.2, 0.25) is 0 Å². The second kappa shape index (κ2) is 6.64. The van der Waals surface area contributed by atoms with E-state index in [0.717, 1.165) is 24.8 Å². The van der Waals surface area contributed by atoms with E-state index in [-0.39, 0.29) is 17.9 Å². The number of carbonyl (C=O) groups excluding carboxylic acids is 1. The monoisotopic (exact) mass is 369 g/mol. The molecule has 2 aromatic heterocycles. The summed E-state index contributed by atoms with van der Waals surface area (Å²) in [6, 6.07) is 6.89. The van der Waals surface area contributed by atoms with Crippen LogP contribution in [0.1, 0.15) is 34.1 Å². The van der Waals surface area contributed by atoms with Gasteiger partial charge in [0.15, 0.2) is 10.6 Å². The van der Waals surface area contributed by atoms with Gasteiger partial charge in [0.1, 0.15) is 12.3 Å². The van der Waals surface area contributed by atoms with Gasteiger partial charge in [-0.3, -0.25) is 9.59 Å². The zero-order valence-electron chi connectivity index (χ0n) is 14.7. The lowest BCUT2D eigenvalue weighted by Crippen LogP contribution is -2.28. The zero-order valence-corrected chi connectivity index (χ0v) is 15.5. The second-order valence-electron chi connectivity index (χ2n) is 6.74. The lowest BCUT2D eigenvalue weighted by molar-refractivity contribution is 0.0964. The van der Waals surface area contributed by atoms with Crippen LogP contribution >= 0.6 is 11.3 Å². The SMILES string of the molecule is COc1cccc(C(=O)Cn2nnc3sc4c(c3c2=O)CC[C@@H](C)C4)c1. The van der Waals surface area contributed by atoms with Gasteiger partial charge in [0, 0.05) is 10.4 Å². The van der Waals surface area contributed by atoms with Crippen molar-refractivity contribution < 1.29 is 9.53 Å². The van der Waals surface area contributed by atoms with Crippen molar-refractivity contribution in [3.05, 3.63) is 50.6 Å². The molecule has 0 N–H and O–H groups in total. The molecule has 0 saturated carbocycles. The number of ether oxygens (including phenoxy) is 1. The quantitative estimate of drug-likeness (QED) is 0.661. The number of rotatable bonds is 4. The van der Waals surface area contributed by atoms with Gasteiger partial charge < -0.3 is 4.74 Å². The van der Waals surface area contributed by atoms with Gasteiger partial charge >= 0.3 is 0 Å². The number of aromatic nitrogens is 3. The van der Waals surface area contributed by atoms with Crippen molar-refractivity contribution in [2.24, 2.45) is 5.92 Å². The minimum Gasteiger partial charge on any atom is -0.497 e. The van der Waals surface area contributed by atoms with Crippen LogP contribution in [0.5, 0.6) is 5.75 Å². The number of fused-ring (bicyclic) bond motifs is 3. The van der Waals surface area contributed by atoms with Crippen molar-refractivity contribution in [3.63, 3.8) is 0 Å². The average molecular weight is 369 g/mol. The van der Waals surface area contributed by atoms with Crippen LogP contribution in [0.4, 0.5) is 0 Å². The van der Waals surface area contributed by atoms with E-state index < -0.39 is 0 Å². The van der Waals surface area contributed by atoms with Gasteiger partial charge in [-0.05, 0) is 42.9 Å². The largest absolute Gasteiger partial charge is 0.497 e. The maximum atomic E-state index is 12.9. The van der Waals surface area contributed by atoms with Crippen LogP contribution < -0.4 is 10.3 Å². The summed E-state index contributed by atoms with van der Waals surface area (Å²) in [6.07, 6.45) is 2.95.